The summed E-state index contributed by atoms with van der Waals surface area (Å²) < 4.78 is 5.81. The maximum absolute atomic E-state index is 12.1. The number of nitrogens with one attached hydrogen (secondary N) is 2. The molecule has 0 saturated carbocycles. The molecule has 2 aromatic rings. The number of hydrazine groups is 1. The molecular formula is C20H22BrN3O4. The lowest BCUT2D eigenvalue weighted by Gasteiger charge is -2.20. The Labute approximate surface area is 172 Å². The number of nitrogens with zero attached hydrogens (tertiary/aromatic N) is 1. The van der Waals surface area contributed by atoms with Crippen molar-refractivity contribution in [2.24, 2.45) is 0 Å². The number of rotatable bonds is 7. The van der Waals surface area contributed by atoms with Gasteiger partial charge in [-0.15, -0.1) is 0 Å². The second-order valence-electron chi connectivity index (χ2n) is 5.80. The molecule has 0 atom stereocenters. The van der Waals surface area contributed by atoms with E-state index in [0.717, 1.165) is 23.2 Å². The summed E-state index contributed by atoms with van der Waals surface area (Å²) in [6.45, 7) is 5.34. The van der Waals surface area contributed by atoms with Gasteiger partial charge < -0.3 is 9.64 Å². The number of hydrogen-bond donors (Lipinski definition) is 2. The van der Waals surface area contributed by atoms with Gasteiger partial charge in [-0.2, -0.15) is 0 Å². The van der Waals surface area contributed by atoms with Crippen molar-refractivity contribution in [2.75, 3.05) is 24.6 Å². The van der Waals surface area contributed by atoms with E-state index < -0.39 is 24.4 Å². The predicted molar refractivity (Wildman–Crippen MR) is 110 cm³/mol. The fourth-order valence-electron chi connectivity index (χ4n) is 2.45. The summed E-state index contributed by atoms with van der Waals surface area (Å²) >= 11 is 3.28. The van der Waals surface area contributed by atoms with Crippen molar-refractivity contribution in [1.29, 1.82) is 0 Å². The van der Waals surface area contributed by atoms with Crippen LogP contribution in [0.4, 0.5) is 5.69 Å². The first kappa shape index (κ1) is 21.4. The van der Waals surface area contributed by atoms with E-state index in [4.69, 9.17) is 4.74 Å². The first-order valence-corrected chi connectivity index (χ1v) is 9.60. The summed E-state index contributed by atoms with van der Waals surface area (Å²) in [6.07, 6.45) is 0. The minimum atomic E-state index is -0.640. The monoisotopic (exact) mass is 447 g/mol. The van der Waals surface area contributed by atoms with E-state index in [-0.39, 0.29) is 0 Å². The van der Waals surface area contributed by atoms with Gasteiger partial charge in [0, 0.05) is 28.8 Å². The first-order chi connectivity index (χ1) is 13.4. The van der Waals surface area contributed by atoms with Crippen LogP contribution in [-0.2, 0) is 9.53 Å². The van der Waals surface area contributed by atoms with Crippen LogP contribution in [0, 0.1) is 0 Å². The van der Waals surface area contributed by atoms with E-state index in [1.165, 1.54) is 0 Å². The van der Waals surface area contributed by atoms with Gasteiger partial charge in [0.25, 0.3) is 11.8 Å². The van der Waals surface area contributed by atoms with Crippen molar-refractivity contribution < 1.29 is 19.1 Å². The number of amides is 2. The number of halogens is 1. The van der Waals surface area contributed by atoms with Crippen molar-refractivity contribution in [1.82, 2.24) is 10.9 Å². The largest absolute Gasteiger partial charge is 0.452 e. The van der Waals surface area contributed by atoms with Gasteiger partial charge in [-0.05, 0) is 62.4 Å². The molecule has 0 aliphatic carbocycles. The highest BCUT2D eigenvalue weighted by Crippen LogP contribution is 2.15. The average Bonchev–Trinajstić information content (AvgIpc) is 2.72. The molecule has 2 N–H and O–H groups in total. The highest BCUT2D eigenvalue weighted by Gasteiger charge is 2.12. The summed E-state index contributed by atoms with van der Waals surface area (Å²) in [5.41, 5.74) is 6.21. The van der Waals surface area contributed by atoms with Crippen LogP contribution in [0.15, 0.2) is 53.0 Å². The highest BCUT2D eigenvalue weighted by atomic mass is 79.9. The Hall–Kier alpha value is -2.87. The summed E-state index contributed by atoms with van der Waals surface area (Å²) in [7, 11) is 0. The standard InChI is InChI=1S/C20H22BrN3O4/c1-3-24(4-2)17-11-7-15(8-12-17)20(27)28-13-18(25)22-23-19(26)14-5-9-16(21)10-6-14/h5-12H,3-4,13H2,1-2H3,(H,22,25)(H,23,26). The molecule has 8 heteroatoms. The third-order valence-corrected chi connectivity index (χ3v) is 4.52. The lowest BCUT2D eigenvalue weighted by atomic mass is 10.2. The van der Waals surface area contributed by atoms with Crippen LogP contribution < -0.4 is 15.8 Å². The minimum absolute atomic E-state index is 0.350. The molecule has 7 nitrogen and oxygen atoms in total. The average molecular weight is 448 g/mol. The van der Waals surface area contributed by atoms with Crippen LogP contribution in [0.5, 0.6) is 0 Å². The quantitative estimate of drug-likeness (QED) is 0.503. The lowest BCUT2D eigenvalue weighted by molar-refractivity contribution is -0.125. The second-order valence-corrected chi connectivity index (χ2v) is 6.72. The van der Waals surface area contributed by atoms with Crippen LogP contribution >= 0.6 is 15.9 Å². The van der Waals surface area contributed by atoms with Crippen LogP contribution in [0.2, 0.25) is 0 Å². The number of carbonyl (C=O) groups is 3. The smallest absolute Gasteiger partial charge is 0.338 e. The van der Waals surface area contributed by atoms with Crippen LogP contribution in [0.25, 0.3) is 0 Å². The SMILES string of the molecule is CCN(CC)c1ccc(C(=O)OCC(=O)NNC(=O)c2ccc(Br)cc2)cc1. The Morgan fingerprint density at radius 1 is 0.893 bits per heavy atom. The molecule has 0 radical (unpaired) electrons. The van der Waals surface area contributed by atoms with E-state index in [9.17, 15) is 14.4 Å². The molecule has 0 saturated heterocycles. The number of carbonyl (C=O) groups excluding carboxylic acids is 3. The van der Waals surface area contributed by atoms with Gasteiger partial charge in [-0.3, -0.25) is 20.4 Å². The zero-order valence-electron chi connectivity index (χ0n) is 15.7. The molecule has 0 bridgehead atoms. The number of hydrogen-bond acceptors (Lipinski definition) is 5. The summed E-state index contributed by atoms with van der Waals surface area (Å²) in [6, 6.07) is 13.6. The summed E-state index contributed by atoms with van der Waals surface area (Å²) in [4.78, 5) is 37.9. The number of esters is 1. The molecule has 2 aromatic carbocycles. The van der Waals surface area contributed by atoms with Crippen molar-refractivity contribution in [3.05, 3.63) is 64.1 Å². The van der Waals surface area contributed by atoms with Crippen LogP contribution in [-0.4, -0.2) is 37.5 Å². The van der Waals surface area contributed by atoms with Gasteiger partial charge in [-0.25, -0.2) is 4.79 Å². The van der Waals surface area contributed by atoms with E-state index in [0.29, 0.717) is 11.1 Å². The minimum Gasteiger partial charge on any atom is -0.452 e. The lowest BCUT2D eigenvalue weighted by Crippen LogP contribution is -2.43. The molecule has 0 aromatic heterocycles. The maximum Gasteiger partial charge on any atom is 0.338 e. The third kappa shape index (κ3) is 6.09. The molecule has 0 spiro atoms. The Morgan fingerprint density at radius 3 is 2.04 bits per heavy atom. The molecule has 148 valence electrons. The molecule has 2 rings (SSSR count). The predicted octanol–water partition coefficient (Wildman–Crippen LogP) is 2.91. The van der Waals surface area contributed by atoms with Gasteiger partial charge >= 0.3 is 5.97 Å². The van der Waals surface area contributed by atoms with Crippen molar-refractivity contribution in [3.63, 3.8) is 0 Å². The second kappa shape index (κ2) is 10.5. The Morgan fingerprint density at radius 2 is 1.46 bits per heavy atom. The molecule has 0 aliphatic heterocycles. The van der Waals surface area contributed by atoms with Crippen LogP contribution in [0.1, 0.15) is 34.6 Å². The number of anilines is 1. The van der Waals surface area contributed by atoms with Gasteiger partial charge in [-0.1, -0.05) is 15.9 Å². The molecule has 0 aliphatic rings. The maximum atomic E-state index is 12.1. The molecular weight excluding hydrogens is 426 g/mol. The van der Waals surface area contributed by atoms with Crippen molar-refractivity contribution >= 4 is 39.4 Å². The number of ether oxygens (including phenoxy) is 1. The Bertz CT molecular complexity index is 818. The number of benzene rings is 2. The van der Waals surface area contributed by atoms with E-state index >= 15 is 0 Å². The third-order valence-electron chi connectivity index (χ3n) is 3.99. The zero-order valence-corrected chi connectivity index (χ0v) is 17.3. The van der Waals surface area contributed by atoms with Gasteiger partial charge in [0.05, 0.1) is 5.56 Å². The first-order valence-electron chi connectivity index (χ1n) is 8.81. The van der Waals surface area contributed by atoms with E-state index in [1.54, 1.807) is 36.4 Å². The van der Waals surface area contributed by atoms with Crippen molar-refractivity contribution in [2.45, 2.75) is 13.8 Å². The molecule has 28 heavy (non-hydrogen) atoms. The summed E-state index contributed by atoms with van der Waals surface area (Å²) in [5, 5.41) is 0. The normalized spacial score (nSPS) is 10.1. The molecule has 0 heterocycles. The zero-order chi connectivity index (χ0) is 20.5. The van der Waals surface area contributed by atoms with Gasteiger partial charge in [0.1, 0.15) is 0 Å². The van der Waals surface area contributed by atoms with Crippen LogP contribution in [0.3, 0.4) is 0 Å². The fourth-order valence-corrected chi connectivity index (χ4v) is 2.71. The van der Waals surface area contributed by atoms with Gasteiger partial charge in [0.15, 0.2) is 6.61 Å². The van der Waals surface area contributed by atoms with Gasteiger partial charge in [0.2, 0.25) is 0 Å². The summed E-state index contributed by atoms with van der Waals surface area (Å²) in [5.74, 6) is -1.72. The highest BCUT2D eigenvalue weighted by molar-refractivity contribution is 9.10. The van der Waals surface area contributed by atoms with E-state index in [2.05, 4.69) is 45.5 Å². The van der Waals surface area contributed by atoms with Crippen molar-refractivity contribution in [3.8, 4) is 0 Å². The molecule has 2 amide bonds. The topological polar surface area (TPSA) is 87.7 Å². The Balaban J connectivity index is 1.79. The molecule has 0 unspecified atom stereocenters. The fraction of sp³-hybridized carbons (Fsp3) is 0.250. The van der Waals surface area contributed by atoms with E-state index in [1.807, 2.05) is 12.1 Å². The molecule has 0 fully saturated rings. The Kier molecular flexibility index (Phi) is 8.01.